The van der Waals surface area contributed by atoms with Crippen molar-refractivity contribution in [1.29, 1.82) is 0 Å². The molecule has 0 amide bonds. The molecule has 130 valence electrons. The van der Waals surface area contributed by atoms with Gasteiger partial charge in [-0.05, 0) is 23.6 Å². The van der Waals surface area contributed by atoms with Crippen molar-refractivity contribution in [1.82, 2.24) is 9.97 Å². The Kier molecular flexibility index (Phi) is 5.93. The lowest BCUT2D eigenvalue weighted by molar-refractivity contribution is -0.141. The van der Waals surface area contributed by atoms with Crippen LogP contribution in [0.2, 0.25) is 5.02 Å². The Morgan fingerprint density at radius 1 is 1.28 bits per heavy atom. The van der Waals surface area contributed by atoms with Crippen LogP contribution >= 0.6 is 34.7 Å². The highest BCUT2D eigenvalue weighted by molar-refractivity contribution is 8.00. The summed E-state index contributed by atoms with van der Waals surface area (Å²) in [4.78, 5) is 21.5. The van der Waals surface area contributed by atoms with Gasteiger partial charge in [0, 0.05) is 16.0 Å². The molecule has 0 aliphatic rings. The van der Waals surface area contributed by atoms with E-state index in [1.54, 1.807) is 11.3 Å². The number of halogens is 1. The smallest absolute Gasteiger partial charge is 0.316 e. The molecular formula is C18H17ClN2O2S2. The van der Waals surface area contributed by atoms with E-state index >= 15 is 0 Å². The van der Waals surface area contributed by atoms with Crippen LogP contribution in [0.1, 0.15) is 13.8 Å². The van der Waals surface area contributed by atoms with Gasteiger partial charge < -0.3 is 4.74 Å². The van der Waals surface area contributed by atoms with Gasteiger partial charge in [-0.15, -0.1) is 11.3 Å². The highest BCUT2D eigenvalue weighted by Gasteiger charge is 2.15. The van der Waals surface area contributed by atoms with E-state index in [4.69, 9.17) is 16.3 Å². The molecule has 1 aromatic carbocycles. The van der Waals surface area contributed by atoms with E-state index in [1.165, 1.54) is 18.1 Å². The lowest BCUT2D eigenvalue weighted by Gasteiger charge is -2.08. The maximum Gasteiger partial charge on any atom is 0.316 e. The van der Waals surface area contributed by atoms with Crippen LogP contribution in [-0.4, -0.2) is 28.3 Å². The van der Waals surface area contributed by atoms with Gasteiger partial charge in [-0.1, -0.05) is 49.3 Å². The average Bonchev–Trinajstić information content (AvgIpc) is 3.03. The Bertz CT molecular complexity index is 878. The van der Waals surface area contributed by atoms with Crippen molar-refractivity contribution in [3.8, 4) is 11.1 Å². The largest absolute Gasteiger partial charge is 0.465 e. The zero-order chi connectivity index (χ0) is 17.8. The number of thioether (sulfide) groups is 1. The monoisotopic (exact) mass is 392 g/mol. The first-order valence-corrected chi connectivity index (χ1v) is 10.1. The molecule has 4 nitrogen and oxygen atoms in total. The number of benzene rings is 1. The van der Waals surface area contributed by atoms with Crippen LogP contribution in [0.25, 0.3) is 21.3 Å². The molecule has 0 atom stereocenters. The molecule has 0 unspecified atom stereocenters. The molecule has 0 radical (unpaired) electrons. The SMILES string of the molecule is CC(C)COC(=O)CSc1ncnc2scc(-c3ccc(Cl)cc3)c12. The van der Waals surface area contributed by atoms with Gasteiger partial charge in [0.15, 0.2) is 0 Å². The van der Waals surface area contributed by atoms with Gasteiger partial charge in [-0.2, -0.15) is 0 Å². The van der Waals surface area contributed by atoms with Gasteiger partial charge in [-0.25, -0.2) is 9.97 Å². The number of esters is 1. The molecule has 0 saturated heterocycles. The summed E-state index contributed by atoms with van der Waals surface area (Å²) in [7, 11) is 0. The lowest BCUT2D eigenvalue weighted by Crippen LogP contribution is -2.11. The van der Waals surface area contributed by atoms with Crippen LogP contribution in [0.5, 0.6) is 0 Å². The van der Waals surface area contributed by atoms with Gasteiger partial charge in [0.1, 0.15) is 16.2 Å². The van der Waals surface area contributed by atoms with Gasteiger partial charge >= 0.3 is 5.97 Å². The molecule has 3 rings (SSSR count). The van der Waals surface area contributed by atoms with Crippen LogP contribution in [0.15, 0.2) is 41.0 Å². The number of carbonyl (C=O) groups is 1. The second-order valence-electron chi connectivity index (χ2n) is 5.88. The molecule has 3 aromatic rings. The Labute approximate surface area is 159 Å². The number of aromatic nitrogens is 2. The molecule has 0 fully saturated rings. The van der Waals surface area contributed by atoms with Crippen molar-refractivity contribution in [3.05, 3.63) is 41.0 Å². The normalized spacial score (nSPS) is 11.2. The summed E-state index contributed by atoms with van der Waals surface area (Å²) in [5.74, 6) is 0.330. The molecule has 2 aromatic heterocycles. The van der Waals surface area contributed by atoms with Gasteiger partial charge in [0.2, 0.25) is 0 Å². The summed E-state index contributed by atoms with van der Waals surface area (Å²) >= 11 is 8.92. The minimum absolute atomic E-state index is 0.228. The van der Waals surface area contributed by atoms with Crippen LogP contribution in [0, 0.1) is 5.92 Å². The average molecular weight is 393 g/mol. The predicted molar refractivity (Wildman–Crippen MR) is 104 cm³/mol. The van der Waals surface area contributed by atoms with Crippen LogP contribution in [0.3, 0.4) is 0 Å². The van der Waals surface area contributed by atoms with Crippen LogP contribution in [-0.2, 0) is 9.53 Å². The standard InChI is InChI=1S/C18H17ClN2O2S2/c1-11(2)7-23-15(22)9-25-18-16-14(8-24-17(16)20-10-21-18)12-3-5-13(19)6-4-12/h3-6,8,10-11H,7,9H2,1-2H3. The second-order valence-corrected chi connectivity index (χ2v) is 8.14. The topological polar surface area (TPSA) is 52.1 Å². The third-order valence-corrected chi connectivity index (χ3v) is 5.50. The minimum atomic E-state index is -0.228. The van der Waals surface area contributed by atoms with E-state index in [0.717, 1.165) is 26.4 Å². The number of hydrogen-bond acceptors (Lipinski definition) is 6. The van der Waals surface area contributed by atoms with Crippen LogP contribution in [0.4, 0.5) is 0 Å². The highest BCUT2D eigenvalue weighted by Crippen LogP contribution is 2.38. The van der Waals surface area contributed by atoms with Crippen molar-refractivity contribution in [2.45, 2.75) is 18.9 Å². The van der Waals surface area contributed by atoms with Gasteiger partial charge in [0.05, 0.1) is 17.7 Å². The third kappa shape index (κ3) is 4.51. The van der Waals surface area contributed by atoms with E-state index in [1.807, 2.05) is 38.1 Å². The summed E-state index contributed by atoms with van der Waals surface area (Å²) in [6.45, 7) is 4.46. The Hall–Kier alpha value is -1.63. The van der Waals surface area contributed by atoms with Crippen molar-refractivity contribution in [2.24, 2.45) is 5.92 Å². The van der Waals surface area contributed by atoms with E-state index in [2.05, 4.69) is 15.3 Å². The number of fused-ring (bicyclic) bond motifs is 1. The van der Waals surface area contributed by atoms with Crippen molar-refractivity contribution in [2.75, 3.05) is 12.4 Å². The maximum atomic E-state index is 11.9. The highest BCUT2D eigenvalue weighted by atomic mass is 35.5. The third-order valence-electron chi connectivity index (χ3n) is 3.40. The zero-order valence-electron chi connectivity index (χ0n) is 13.9. The van der Waals surface area contributed by atoms with E-state index in [9.17, 15) is 4.79 Å². The minimum Gasteiger partial charge on any atom is -0.465 e. The molecule has 0 spiro atoms. The van der Waals surface area contributed by atoms with Crippen molar-refractivity contribution >= 4 is 50.9 Å². The Balaban J connectivity index is 1.85. The van der Waals surface area contributed by atoms with Crippen molar-refractivity contribution < 1.29 is 9.53 Å². The first-order chi connectivity index (χ1) is 12.0. The predicted octanol–water partition coefficient (Wildman–Crippen LogP) is 5.30. The summed E-state index contributed by atoms with van der Waals surface area (Å²) < 4.78 is 5.23. The molecule has 0 aliphatic carbocycles. The van der Waals surface area contributed by atoms with Gasteiger partial charge in [0.25, 0.3) is 0 Å². The first kappa shape index (κ1) is 18.2. The second kappa shape index (κ2) is 8.17. The van der Waals surface area contributed by atoms with E-state index in [-0.39, 0.29) is 11.7 Å². The van der Waals surface area contributed by atoms with E-state index < -0.39 is 0 Å². The maximum absolute atomic E-state index is 11.9. The van der Waals surface area contributed by atoms with Crippen LogP contribution < -0.4 is 0 Å². The number of thiophene rings is 1. The molecule has 2 heterocycles. The molecule has 0 aliphatic heterocycles. The van der Waals surface area contributed by atoms with Crippen molar-refractivity contribution in [3.63, 3.8) is 0 Å². The number of rotatable bonds is 6. The summed E-state index contributed by atoms with van der Waals surface area (Å²) in [5.41, 5.74) is 2.10. The molecule has 0 N–H and O–H groups in total. The number of ether oxygens (including phenoxy) is 1. The van der Waals surface area contributed by atoms with E-state index in [0.29, 0.717) is 17.5 Å². The van der Waals surface area contributed by atoms with Gasteiger partial charge in [-0.3, -0.25) is 4.79 Å². The quantitative estimate of drug-likeness (QED) is 0.323. The Morgan fingerprint density at radius 2 is 2.04 bits per heavy atom. The molecule has 0 bridgehead atoms. The fraction of sp³-hybridized carbons (Fsp3) is 0.278. The molecule has 7 heteroatoms. The number of hydrogen-bond donors (Lipinski definition) is 0. The fourth-order valence-corrected chi connectivity index (χ4v) is 4.14. The summed E-state index contributed by atoms with van der Waals surface area (Å²) in [5, 5.41) is 4.51. The summed E-state index contributed by atoms with van der Waals surface area (Å²) in [6.07, 6.45) is 1.53. The lowest BCUT2D eigenvalue weighted by atomic mass is 10.1. The molecule has 0 saturated carbocycles. The summed E-state index contributed by atoms with van der Waals surface area (Å²) in [6, 6.07) is 7.67. The Morgan fingerprint density at radius 3 is 2.76 bits per heavy atom. The molecule has 25 heavy (non-hydrogen) atoms. The number of nitrogens with zero attached hydrogens (tertiary/aromatic N) is 2. The first-order valence-electron chi connectivity index (χ1n) is 7.81. The fourth-order valence-electron chi connectivity index (χ4n) is 2.23. The molecular weight excluding hydrogens is 376 g/mol. The zero-order valence-corrected chi connectivity index (χ0v) is 16.2. The number of carbonyl (C=O) groups excluding carboxylic acids is 1.